The Kier molecular flexibility index (Phi) is 5.86. The van der Waals surface area contributed by atoms with E-state index >= 15 is 0 Å². The molecule has 7 heteroatoms. The van der Waals surface area contributed by atoms with E-state index in [4.69, 9.17) is 33.3 Å². The minimum atomic E-state index is -0.125. The Balaban J connectivity index is 1.86. The molecule has 0 aliphatic carbocycles. The summed E-state index contributed by atoms with van der Waals surface area (Å²) in [5.74, 6) is 0.851. The lowest BCUT2D eigenvalue weighted by molar-refractivity contribution is -0.121. The summed E-state index contributed by atoms with van der Waals surface area (Å²) >= 11 is 12.8. The molecule has 0 spiro atoms. The van der Waals surface area contributed by atoms with Crippen LogP contribution in [0.15, 0.2) is 47.4 Å². The minimum absolute atomic E-state index is 0.125. The van der Waals surface area contributed by atoms with Crippen molar-refractivity contribution in [1.29, 1.82) is 0 Å². The van der Waals surface area contributed by atoms with Gasteiger partial charge in [-0.2, -0.15) is 0 Å². The lowest BCUT2D eigenvalue weighted by Crippen LogP contribution is -2.22. The summed E-state index contributed by atoms with van der Waals surface area (Å²) in [7, 11) is 3.21. The Bertz CT molecular complexity index is 884. The molecule has 1 fully saturated rings. The van der Waals surface area contributed by atoms with Crippen molar-refractivity contribution < 1.29 is 14.3 Å². The first-order valence-electron chi connectivity index (χ1n) is 7.75. The highest BCUT2D eigenvalue weighted by atomic mass is 35.5. The van der Waals surface area contributed by atoms with Crippen LogP contribution in [-0.2, 0) is 11.4 Å². The molecule has 1 amide bonds. The zero-order valence-electron chi connectivity index (χ0n) is 14.2. The largest absolute Gasteiger partial charge is 0.493 e. The van der Waals surface area contributed by atoms with Crippen LogP contribution in [0.3, 0.4) is 0 Å². The third-order valence-electron chi connectivity index (χ3n) is 3.76. The molecule has 134 valence electrons. The quantitative estimate of drug-likeness (QED) is 0.529. The Hall–Kier alpha value is -2.02. The third-order valence-corrected chi connectivity index (χ3v) is 5.53. The molecule has 1 aliphatic heterocycles. The van der Waals surface area contributed by atoms with Gasteiger partial charge in [-0.05, 0) is 29.3 Å². The number of thioether (sulfide) groups is 1. The maximum atomic E-state index is 12.1. The second kappa shape index (κ2) is 8.12. The number of benzene rings is 2. The van der Waals surface area contributed by atoms with Gasteiger partial charge in [0.1, 0.15) is 10.9 Å². The van der Waals surface area contributed by atoms with Crippen LogP contribution in [0.2, 0.25) is 5.02 Å². The number of carbonyl (C=O) groups excluding carboxylic acids is 1. The molecule has 0 aromatic heterocycles. The number of likely N-dealkylation sites (N-methyl/N-ethyl adjacent to an activating group) is 1. The second-order valence-electron chi connectivity index (χ2n) is 5.55. The Morgan fingerprint density at radius 2 is 2.00 bits per heavy atom. The lowest BCUT2D eigenvalue weighted by atomic mass is 10.1. The Labute approximate surface area is 166 Å². The lowest BCUT2D eigenvalue weighted by Gasteiger charge is -2.13. The predicted octanol–water partition coefficient (Wildman–Crippen LogP) is 4.76. The van der Waals surface area contributed by atoms with Gasteiger partial charge in [-0.3, -0.25) is 9.69 Å². The van der Waals surface area contributed by atoms with Crippen LogP contribution in [0.1, 0.15) is 11.1 Å². The number of thiocarbonyl (C=S) groups is 1. The van der Waals surface area contributed by atoms with Crippen molar-refractivity contribution in [1.82, 2.24) is 4.90 Å². The number of rotatable bonds is 5. The maximum Gasteiger partial charge on any atom is 0.265 e. The maximum absolute atomic E-state index is 12.1. The van der Waals surface area contributed by atoms with Crippen LogP contribution < -0.4 is 9.47 Å². The van der Waals surface area contributed by atoms with E-state index in [1.165, 1.54) is 16.7 Å². The van der Waals surface area contributed by atoms with Gasteiger partial charge in [0, 0.05) is 7.05 Å². The van der Waals surface area contributed by atoms with E-state index in [0.717, 1.165) is 11.1 Å². The van der Waals surface area contributed by atoms with Crippen molar-refractivity contribution in [2.75, 3.05) is 14.2 Å². The predicted molar refractivity (Wildman–Crippen MR) is 110 cm³/mol. The topological polar surface area (TPSA) is 38.8 Å². The second-order valence-corrected chi connectivity index (χ2v) is 7.63. The molecule has 0 unspecified atom stereocenters. The molecule has 3 rings (SSSR count). The van der Waals surface area contributed by atoms with E-state index in [1.54, 1.807) is 32.4 Å². The van der Waals surface area contributed by atoms with Gasteiger partial charge in [-0.25, -0.2) is 0 Å². The molecule has 2 aromatic carbocycles. The number of halogens is 1. The molecule has 1 aliphatic rings. The summed E-state index contributed by atoms with van der Waals surface area (Å²) in [5.41, 5.74) is 1.77. The minimum Gasteiger partial charge on any atom is -0.493 e. The zero-order chi connectivity index (χ0) is 18.7. The van der Waals surface area contributed by atoms with Crippen LogP contribution >= 0.6 is 35.6 Å². The summed E-state index contributed by atoms with van der Waals surface area (Å²) in [4.78, 5) is 14.1. The summed E-state index contributed by atoms with van der Waals surface area (Å²) in [6, 6.07) is 13.3. The van der Waals surface area contributed by atoms with Crippen LogP contribution in [0, 0.1) is 0 Å². The van der Waals surface area contributed by atoms with Gasteiger partial charge >= 0.3 is 0 Å². The summed E-state index contributed by atoms with van der Waals surface area (Å²) in [5, 5.41) is 0.415. The van der Waals surface area contributed by atoms with Crippen molar-refractivity contribution >= 4 is 51.9 Å². The molecule has 26 heavy (non-hydrogen) atoms. The van der Waals surface area contributed by atoms with E-state index in [1.807, 2.05) is 30.3 Å². The average molecular weight is 406 g/mol. The average Bonchev–Trinajstić information content (AvgIpc) is 2.88. The number of amides is 1. The summed E-state index contributed by atoms with van der Waals surface area (Å²) in [6.45, 7) is 0.380. The first-order chi connectivity index (χ1) is 12.5. The first kappa shape index (κ1) is 18.8. The molecule has 2 aromatic rings. The SMILES string of the molecule is COc1cc(/C=C2\SC(=S)N(C)C2=O)cc(Cl)c1OCc1ccccc1. The molecule has 0 atom stereocenters. The van der Waals surface area contributed by atoms with Crippen molar-refractivity contribution in [3.63, 3.8) is 0 Å². The molecule has 0 radical (unpaired) electrons. The highest BCUT2D eigenvalue weighted by molar-refractivity contribution is 8.26. The van der Waals surface area contributed by atoms with E-state index in [9.17, 15) is 4.79 Å². The number of ether oxygens (including phenoxy) is 2. The van der Waals surface area contributed by atoms with E-state index in [2.05, 4.69) is 0 Å². The van der Waals surface area contributed by atoms with Gasteiger partial charge in [0.25, 0.3) is 5.91 Å². The van der Waals surface area contributed by atoms with E-state index < -0.39 is 0 Å². The van der Waals surface area contributed by atoms with Crippen molar-refractivity contribution in [3.8, 4) is 11.5 Å². The Morgan fingerprint density at radius 3 is 2.62 bits per heavy atom. The first-order valence-corrected chi connectivity index (χ1v) is 9.35. The fraction of sp³-hybridized carbons (Fsp3) is 0.158. The Morgan fingerprint density at radius 1 is 1.27 bits per heavy atom. The molecule has 0 bridgehead atoms. The summed E-state index contributed by atoms with van der Waals surface area (Å²) < 4.78 is 11.8. The van der Waals surface area contributed by atoms with Crippen LogP contribution in [0.4, 0.5) is 0 Å². The van der Waals surface area contributed by atoms with Crippen molar-refractivity contribution in [2.45, 2.75) is 6.61 Å². The molecular formula is C19H16ClNO3S2. The molecular weight excluding hydrogens is 390 g/mol. The van der Waals surface area contributed by atoms with Gasteiger partial charge < -0.3 is 9.47 Å². The van der Waals surface area contributed by atoms with Gasteiger partial charge in [0.15, 0.2) is 11.5 Å². The summed E-state index contributed by atoms with van der Waals surface area (Å²) in [6.07, 6.45) is 1.75. The van der Waals surface area contributed by atoms with E-state index in [-0.39, 0.29) is 5.91 Å². The van der Waals surface area contributed by atoms with Crippen LogP contribution in [0.25, 0.3) is 6.08 Å². The third kappa shape index (κ3) is 4.03. The highest BCUT2D eigenvalue weighted by Gasteiger charge is 2.28. The molecule has 1 heterocycles. The molecule has 1 saturated heterocycles. The monoisotopic (exact) mass is 405 g/mol. The number of methoxy groups -OCH3 is 1. The normalized spacial score (nSPS) is 15.7. The number of hydrogen-bond donors (Lipinski definition) is 0. The van der Waals surface area contributed by atoms with E-state index in [0.29, 0.717) is 32.4 Å². The fourth-order valence-corrected chi connectivity index (χ4v) is 3.84. The smallest absolute Gasteiger partial charge is 0.265 e. The van der Waals surface area contributed by atoms with Gasteiger partial charge in [0.05, 0.1) is 17.0 Å². The standard InChI is InChI=1S/C19H16ClNO3S2/c1-21-18(22)16(26-19(21)25)10-13-8-14(20)17(15(9-13)23-2)24-11-12-6-4-3-5-7-12/h3-10H,11H2,1-2H3/b16-10-. The van der Waals surface area contributed by atoms with Gasteiger partial charge in [-0.1, -0.05) is 65.9 Å². The molecule has 4 nitrogen and oxygen atoms in total. The van der Waals surface area contributed by atoms with Crippen LogP contribution in [-0.4, -0.2) is 29.3 Å². The van der Waals surface area contributed by atoms with Gasteiger partial charge in [0.2, 0.25) is 0 Å². The number of nitrogens with zero attached hydrogens (tertiary/aromatic N) is 1. The van der Waals surface area contributed by atoms with Crippen molar-refractivity contribution in [2.24, 2.45) is 0 Å². The van der Waals surface area contributed by atoms with Gasteiger partial charge in [-0.15, -0.1) is 0 Å². The molecule has 0 N–H and O–H groups in total. The zero-order valence-corrected chi connectivity index (χ0v) is 16.6. The van der Waals surface area contributed by atoms with Crippen LogP contribution in [0.5, 0.6) is 11.5 Å². The number of hydrogen-bond acceptors (Lipinski definition) is 5. The highest BCUT2D eigenvalue weighted by Crippen LogP contribution is 2.39. The van der Waals surface area contributed by atoms with Crippen molar-refractivity contribution in [3.05, 3.63) is 63.5 Å². The number of carbonyl (C=O) groups is 1. The fourth-order valence-electron chi connectivity index (χ4n) is 2.39. The molecule has 0 saturated carbocycles.